The van der Waals surface area contributed by atoms with Gasteiger partial charge in [-0.25, -0.2) is 14.8 Å². The molecule has 3 heterocycles. The van der Waals surface area contributed by atoms with Crippen molar-refractivity contribution in [1.29, 1.82) is 0 Å². The van der Waals surface area contributed by atoms with Crippen LogP contribution in [0.2, 0.25) is 0 Å². The quantitative estimate of drug-likeness (QED) is 0.821. The van der Waals surface area contributed by atoms with Crippen molar-refractivity contribution < 1.29 is 14.3 Å². The zero-order valence-electron chi connectivity index (χ0n) is 11.4. The SMILES string of the molecule is O=C(OC1CCOC1)N1CCC(c2ncccn2)CC1. The highest BCUT2D eigenvalue weighted by molar-refractivity contribution is 5.68. The molecule has 2 aliphatic heterocycles. The Morgan fingerprint density at radius 2 is 2.00 bits per heavy atom. The lowest BCUT2D eigenvalue weighted by Gasteiger charge is -2.31. The Labute approximate surface area is 118 Å². The second kappa shape index (κ2) is 6.17. The summed E-state index contributed by atoms with van der Waals surface area (Å²) in [6.07, 6.45) is 5.83. The molecule has 20 heavy (non-hydrogen) atoms. The third-order valence-corrected chi connectivity index (χ3v) is 3.86. The lowest BCUT2D eigenvalue weighted by molar-refractivity contribution is 0.0488. The highest BCUT2D eigenvalue weighted by Gasteiger charge is 2.28. The summed E-state index contributed by atoms with van der Waals surface area (Å²) < 4.78 is 10.6. The molecule has 0 bridgehead atoms. The summed E-state index contributed by atoms with van der Waals surface area (Å²) in [7, 11) is 0. The first-order chi connectivity index (χ1) is 9.83. The van der Waals surface area contributed by atoms with E-state index in [1.54, 1.807) is 17.3 Å². The van der Waals surface area contributed by atoms with Gasteiger partial charge in [0.25, 0.3) is 0 Å². The van der Waals surface area contributed by atoms with Gasteiger partial charge in [-0.05, 0) is 18.9 Å². The van der Waals surface area contributed by atoms with Crippen LogP contribution in [0.1, 0.15) is 31.0 Å². The molecule has 0 aliphatic carbocycles. The molecular weight excluding hydrogens is 258 g/mol. The third kappa shape index (κ3) is 3.07. The molecule has 1 aromatic rings. The first-order valence-electron chi connectivity index (χ1n) is 7.13. The van der Waals surface area contributed by atoms with Crippen molar-refractivity contribution in [3.8, 4) is 0 Å². The summed E-state index contributed by atoms with van der Waals surface area (Å²) in [5, 5.41) is 0. The smallest absolute Gasteiger partial charge is 0.410 e. The van der Waals surface area contributed by atoms with Gasteiger partial charge in [-0.3, -0.25) is 0 Å². The van der Waals surface area contributed by atoms with E-state index in [1.807, 2.05) is 6.07 Å². The Balaban J connectivity index is 1.49. The van der Waals surface area contributed by atoms with Gasteiger partial charge >= 0.3 is 6.09 Å². The minimum atomic E-state index is -0.215. The molecule has 1 unspecified atom stereocenters. The third-order valence-electron chi connectivity index (χ3n) is 3.86. The molecule has 6 nitrogen and oxygen atoms in total. The molecule has 2 saturated heterocycles. The molecule has 0 N–H and O–H groups in total. The fourth-order valence-electron chi connectivity index (χ4n) is 2.66. The van der Waals surface area contributed by atoms with Crippen molar-refractivity contribution in [3.63, 3.8) is 0 Å². The Kier molecular flexibility index (Phi) is 4.11. The van der Waals surface area contributed by atoms with Gasteiger partial charge in [0, 0.05) is 37.8 Å². The minimum absolute atomic E-state index is 0.0716. The van der Waals surface area contributed by atoms with Gasteiger partial charge in [0.1, 0.15) is 11.9 Å². The minimum Gasteiger partial charge on any atom is -0.444 e. The van der Waals surface area contributed by atoms with E-state index in [2.05, 4.69) is 9.97 Å². The lowest BCUT2D eigenvalue weighted by Crippen LogP contribution is -2.40. The van der Waals surface area contributed by atoms with Crippen LogP contribution < -0.4 is 0 Å². The highest BCUT2D eigenvalue weighted by atomic mass is 16.6. The highest BCUT2D eigenvalue weighted by Crippen LogP contribution is 2.25. The fourth-order valence-corrected chi connectivity index (χ4v) is 2.66. The van der Waals surface area contributed by atoms with Gasteiger partial charge in [0.05, 0.1) is 13.2 Å². The molecule has 2 fully saturated rings. The molecule has 1 amide bonds. The summed E-state index contributed by atoms with van der Waals surface area (Å²) in [4.78, 5) is 22.4. The number of carbonyl (C=O) groups excluding carboxylic acids is 1. The number of hydrogen-bond acceptors (Lipinski definition) is 5. The van der Waals surface area contributed by atoms with Crippen molar-refractivity contribution in [1.82, 2.24) is 14.9 Å². The Morgan fingerprint density at radius 1 is 1.25 bits per heavy atom. The van der Waals surface area contributed by atoms with Crippen molar-refractivity contribution in [3.05, 3.63) is 24.3 Å². The van der Waals surface area contributed by atoms with Crippen molar-refractivity contribution in [2.45, 2.75) is 31.3 Å². The van der Waals surface area contributed by atoms with Crippen LogP contribution in [0, 0.1) is 0 Å². The number of carbonyl (C=O) groups is 1. The van der Waals surface area contributed by atoms with E-state index in [1.165, 1.54) is 0 Å². The number of rotatable bonds is 2. The number of hydrogen-bond donors (Lipinski definition) is 0. The first-order valence-corrected chi connectivity index (χ1v) is 7.13. The van der Waals surface area contributed by atoms with E-state index in [0.29, 0.717) is 32.2 Å². The molecule has 1 atom stereocenters. The van der Waals surface area contributed by atoms with E-state index < -0.39 is 0 Å². The predicted octanol–water partition coefficient (Wildman–Crippen LogP) is 1.58. The van der Waals surface area contributed by atoms with E-state index in [4.69, 9.17) is 9.47 Å². The number of aromatic nitrogens is 2. The van der Waals surface area contributed by atoms with Crippen LogP contribution in [0.5, 0.6) is 0 Å². The zero-order chi connectivity index (χ0) is 13.8. The van der Waals surface area contributed by atoms with Crippen LogP contribution in [-0.4, -0.2) is 53.4 Å². The predicted molar refractivity (Wildman–Crippen MR) is 71.3 cm³/mol. The molecule has 108 valence electrons. The van der Waals surface area contributed by atoms with Crippen molar-refractivity contribution >= 4 is 6.09 Å². The molecule has 0 saturated carbocycles. The number of likely N-dealkylation sites (tertiary alicyclic amines) is 1. The van der Waals surface area contributed by atoms with Gasteiger partial charge in [-0.1, -0.05) is 0 Å². The summed E-state index contributed by atoms with van der Waals surface area (Å²) in [6, 6.07) is 1.82. The van der Waals surface area contributed by atoms with Crippen LogP contribution in [0.4, 0.5) is 4.79 Å². The molecule has 0 aromatic carbocycles. The molecule has 1 aromatic heterocycles. The van der Waals surface area contributed by atoms with Crippen molar-refractivity contribution in [2.75, 3.05) is 26.3 Å². The molecule has 0 radical (unpaired) electrons. The second-order valence-electron chi connectivity index (χ2n) is 5.24. The van der Waals surface area contributed by atoms with Gasteiger partial charge in [-0.2, -0.15) is 0 Å². The number of amides is 1. The number of ether oxygens (including phenoxy) is 2. The van der Waals surface area contributed by atoms with Gasteiger partial charge in [0.15, 0.2) is 0 Å². The van der Waals surface area contributed by atoms with Crippen molar-refractivity contribution in [2.24, 2.45) is 0 Å². The zero-order valence-corrected chi connectivity index (χ0v) is 11.4. The van der Waals surface area contributed by atoms with Gasteiger partial charge < -0.3 is 14.4 Å². The summed E-state index contributed by atoms with van der Waals surface area (Å²) in [5.74, 6) is 1.22. The monoisotopic (exact) mass is 277 g/mol. The maximum Gasteiger partial charge on any atom is 0.410 e. The van der Waals surface area contributed by atoms with Crippen LogP contribution >= 0.6 is 0 Å². The van der Waals surface area contributed by atoms with E-state index in [9.17, 15) is 4.79 Å². The normalized spacial score (nSPS) is 23.8. The Bertz CT molecular complexity index is 440. The standard InChI is InChI=1S/C14H19N3O3/c18-14(20-12-4-9-19-10-12)17-7-2-11(3-8-17)13-15-5-1-6-16-13/h1,5-6,11-12H,2-4,7-10H2. The van der Waals surface area contributed by atoms with E-state index >= 15 is 0 Å². The van der Waals surface area contributed by atoms with Crippen LogP contribution in [0.25, 0.3) is 0 Å². The van der Waals surface area contributed by atoms with Crippen LogP contribution in [-0.2, 0) is 9.47 Å². The molecule has 0 spiro atoms. The summed E-state index contributed by atoms with van der Waals surface area (Å²) in [6.45, 7) is 2.62. The van der Waals surface area contributed by atoms with Gasteiger partial charge in [-0.15, -0.1) is 0 Å². The van der Waals surface area contributed by atoms with Crippen LogP contribution in [0.15, 0.2) is 18.5 Å². The number of nitrogens with zero attached hydrogens (tertiary/aromatic N) is 3. The topological polar surface area (TPSA) is 64.6 Å². The molecule has 3 rings (SSSR count). The largest absolute Gasteiger partial charge is 0.444 e. The fraction of sp³-hybridized carbons (Fsp3) is 0.643. The van der Waals surface area contributed by atoms with Crippen LogP contribution in [0.3, 0.4) is 0 Å². The molecular formula is C14H19N3O3. The summed E-state index contributed by atoms with van der Waals surface area (Å²) in [5.41, 5.74) is 0. The van der Waals surface area contributed by atoms with E-state index in [0.717, 1.165) is 25.1 Å². The second-order valence-corrected chi connectivity index (χ2v) is 5.24. The van der Waals surface area contributed by atoms with Gasteiger partial charge in [0.2, 0.25) is 0 Å². The maximum atomic E-state index is 12.0. The molecule has 2 aliphatic rings. The first kappa shape index (κ1) is 13.3. The molecule has 6 heteroatoms. The maximum absolute atomic E-state index is 12.0. The lowest BCUT2D eigenvalue weighted by atomic mass is 9.96. The Morgan fingerprint density at radius 3 is 2.65 bits per heavy atom. The summed E-state index contributed by atoms with van der Waals surface area (Å²) >= 11 is 0. The average molecular weight is 277 g/mol. The average Bonchev–Trinajstić information content (AvgIpc) is 3.01. The number of piperidine rings is 1. The van der Waals surface area contributed by atoms with E-state index in [-0.39, 0.29) is 12.2 Å². The Hall–Kier alpha value is -1.69.